The topological polar surface area (TPSA) is 12.9 Å². The van der Waals surface area contributed by atoms with Crippen LogP contribution in [0.15, 0.2) is 46.9 Å². The molecule has 0 unspecified atom stereocenters. The molecule has 0 atom stereocenters. The van der Waals surface area contributed by atoms with Crippen molar-refractivity contribution in [3.8, 4) is 10.4 Å². The van der Waals surface area contributed by atoms with Gasteiger partial charge in [0.25, 0.3) is 0 Å². The molecule has 0 radical (unpaired) electrons. The first kappa shape index (κ1) is 13.6. The summed E-state index contributed by atoms with van der Waals surface area (Å²) in [6, 6.07) is 12.0. The molecule has 6 heteroatoms. The zero-order valence-corrected chi connectivity index (χ0v) is 12.3. The van der Waals surface area contributed by atoms with E-state index < -0.39 is 11.9 Å². The Morgan fingerprint density at radius 2 is 1.70 bits per heavy atom. The van der Waals surface area contributed by atoms with Crippen molar-refractivity contribution in [3.05, 3.63) is 52.6 Å². The number of pyridine rings is 1. The number of benzene rings is 1. The van der Waals surface area contributed by atoms with Crippen molar-refractivity contribution >= 4 is 37.5 Å². The van der Waals surface area contributed by atoms with Gasteiger partial charge in [0, 0.05) is 14.7 Å². The van der Waals surface area contributed by atoms with Crippen LogP contribution in [0, 0.1) is 0 Å². The molecule has 0 N–H and O–H groups in total. The van der Waals surface area contributed by atoms with Gasteiger partial charge in [0.15, 0.2) is 0 Å². The minimum Gasteiger partial charge on any atom is -0.232 e. The first-order valence-corrected chi connectivity index (χ1v) is 7.28. The molecule has 0 saturated heterocycles. The van der Waals surface area contributed by atoms with E-state index in [1.165, 1.54) is 17.4 Å². The molecule has 102 valence electrons. The van der Waals surface area contributed by atoms with Crippen LogP contribution in [0.5, 0.6) is 0 Å². The lowest BCUT2D eigenvalue weighted by molar-refractivity contribution is -0.140. The van der Waals surface area contributed by atoms with E-state index in [9.17, 15) is 13.2 Å². The van der Waals surface area contributed by atoms with Gasteiger partial charge >= 0.3 is 6.18 Å². The summed E-state index contributed by atoms with van der Waals surface area (Å²) in [5, 5.41) is 0.723. The van der Waals surface area contributed by atoms with Crippen molar-refractivity contribution in [1.29, 1.82) is 0 Å². The smallest absolute Gasteiger partial charge is 0.232 e. The molecule has 1 aromatic carbocycles. The van der Waals surface area contributed by atoms with Crippen molar-refractivity contribution < 1.29 is 13.2 Å². The fourth-order valence-electron chi connectivity index (χ4n) is 1.83. The van der Waals surface area contributed by atoms with Gasteiger partial charge in [0.2, 0.25) is 0 Å². The number of rotatable bonds is 1. The second-order valence-corrected chi connectivity index (χ2v) is 6.15. The maximum atomic E-state index is 12.6. The summed E-state index contributed by atoms with van der Waals surface area (Å²) in [5.74, 6) is 0. The zero-order chi connectivity index (χ0) is 14.3. The highest BCUT2D eigenvalue weighted by molar-refractivity contribution is 9.10. The second kappa shape index (κ2) is 4.86. The van der Waals surface area contributed by atoms with Gasteiger partial charge in [-0.25, -0.2) is 4.98 Å². The molecule has 0 saturated carbocycles. The van der Waals surface area contributed by atoms with Crippen LogP contribution in [-0.4, -0.2) is 4.98 Å². The van der Waals surface area contributed by atoms with Crippen molar-refractivity contribution in [2.24, 2.45) is 0 Å². The lowest BCUT2D eigenvalue weighted by Gasteiger charge is -2.04. The van der Waals surface area contributed by atoms with Gasteiger partial charge < -0.3 is 0 Å². The van der Waals surface area contributed by atoms with E-state index in [0.717, 1.165) is 26.4 Å². The maximum Gasteiger partial charge on any atom is 0.433 e. The van der Waals surface area contributed by atoms with Crippen molar-refractivity contribution in [3.63, 3.8) is 0 Å². The number of halogens is 4. The molecule has 0 spiro atoms. The normalized spacial score (nSPS) is 12.0. The average Bonchev–Trinajstić information content (AvgIpc) is 2.81. The van der Waals surface area contributed by atoms with Crippen LogP contribution in [0.1, 0.15) is 5.69 Å². The Morgan fingerprint density at radius 1 is 1.00 bits per heavy atom. The van der Waals surface area contributed by atoms with E-state index in [2.05, 4.69) is 20.9 Å². The van der Waals surface area contributed by atoms with Gasteiger partial charge in [-0.2, -0.15) is 13.2 Å². The summed E-state index contributed by atoms with van der Waals surface area (Å²) in [4.78, 5) is 5.00. The third-order valence-corrected chi connectivity index (χ3v) is 4.42. The molecule has 3 rings (SSSR count). The predicted molar refractivity (Wildman–Crippen MR) is 77.8 cm³/mol. The highest BCUT2D eigenvalue weighted by Gasteiger charge is 2.32. The Labute approximate surface area is 125 Å². The Bertz CT molecular complexity index is 762. The van der Waals surface area contributed by atoms with E-state index in [1.54, 1.807) is 0 Å². The van der Waals surface area contributed by atoms with Crippen LogP contribution in [0.2, 0.25) is 0 Å². The number of aromatic nitrogens is 1. The monoisotopic (exact) mass is 357 g/mol. The summed E-state index contributed by atoms with van der Waals surface area (Å²) in [6.07, 6.45) is -4.41. The summed E-state index contributed by atoms with van der Waals surface area (Å²) in [5.41, 5.74) is 0.110. The number of hydrogen-bond donors (Lipinski definition) is 0. The number of fused-ring (bicyclic) bond motifs is 1. The van der Waals surface area contributed by atoms with Crippen LogP contribution in [0.3, 0.4) is 0 Å². The zero-order valence-electron chi connectivity index (χ0n) is 9.91. The van der Waals surface area contributed by atoms with Crippen LogP contribution < -0.4 is 0 Å². The van der Waals surface area contributed by atoms with E-state index in [4.69, 9.17) is 0 Å². The van der Waals surface area contributed by atoms with E-state index >= 15 is 0 Å². The van der Waals surface area contributed by atoms with Crippen molar-refractivity contribution in [1.82, 2.24) is 4.98 Å². The van der Waals surface area contributed by atoms with E-state index in [0.29, 0.717) is 4.83 Å². The molecule has 2 aromatic heterocycles. The summed E-state index contributed by atoms with van der Waals surface area (Å²) in [6.45, 7) is 0. The predicted octanol–water partition coefficient (Wildman–Crippen LogP) is 5.74. The third-order valence-electron chi connectivity index (χ3n) is 2.80. The van der Waals surface area contributed by atoms with Gasteiger partial charge in [0.1, 0.15) is 10.5 Å². The van der Waals surface area contributed by atoms with Crippen LogP contribution in [0.4, 0.5) is 13.2 Å². The quantitative estimate of drug-likeness (QED) is 0.540. The largest absolute Gasteiger partial charge is 0.433 e. The fraction of sp³-hybridized carbons (Fsp3) is 0.0714. The van der Waals surface area contributed by atoms with E-state index in [1.807, 2.05) is 30.3 Å². The van der Waals surface area contributed by atoms with Crippen LogP contribution >= 0.6 is 27.3 Å². The highest BCUT2D eigenvalue weighted by Crippen LogP contribution is 2.35. The first-order valence-electron chi connectivity index (χ1n) is 5.67. The van der Waals surface area contributed by atoms with Crippen LogP contribution in [0.25, 0.3) is 20.7 Å². The first-order chi connectivity index (χ1) is 9.43. The van der Waals surface area contributed by atoms with Crippen molar-refractivity contribution in [2.75, 3.05) is 0 Å². The Kier molecular flexibility index (Phi) is 3.30. The Balaban J connectivity index is 2.09. The van der Waals surface area contributed by atoms with Crippen LogP contribution in [-0.2, 0) is 6.18 Å². The minimum atomic E-state index is -4.41. The summed E-state index contributed by atoms with van der Waals surface area (Å²) >= 11 is 4.61. The van der Waals surface area contributed by atoms with Gasteiger partial charge in [-0.1, -0.05) is 28.1 Å². The number of alkyl halides is 3. The van der Waals surface area contributed by atoms with E-state index in [-0.39, 0.29) is 0 Å². The molecule has 0 fully saturated rings. The number of nitrogens with zero attached hydrogens (tertiary/aromatic N) is 1. The van der Waals surface area contributed by atoms with Gasteiger partial charge in [-0.05, 0) is 35.9 Å². The molecule has 1 nitrogen and oxygen atoms in total. The summed E-state index contributed by atoms with van der Waals surface area (Å²) in [7, 11) is 0. The third kappa shape index (κ3) is 2.58. The number of thiophene rings is 1. The standard InChI is InChI=1S/C14H7BrF3NS/c15-10-4-1-8(2-5-10)11-7-9-3-6-12(14(16,17)18)19-13(9)20-11/h1-7H. The molecule has 0 amide bonds. The molecular weight excluding hydrogens is 351 g/mol. The molecule has 0 aliphatic rings. The lowest BCUT2D eigenvalue weighted by atomic mass is 10.2. The molecule has 3 aromatic rings. The fourth-order valence-corrected chi connectivity index (χ4v) is 3.13. The average molecular weight is 358 g/mol. The molecule has 0 aliphatic carbocycles. The molecule has 2 heterocycles. The van der Waals surface area contributed by atoms with Gasteiger partial charge in [-0.15, -0.1) is 11.3 Å². The Morgan fingerprint density at radius 3 is 2.35 bits per heavy atom. The van der Waals surface area contributed by atoms with Crippen molar-refractivity contribution in [2.45, 2.75) is 6.18 Å². The molecule has 0 aliphatic heterocycles. The van der Waals surface area contributed by atoms with Gasteiger partial charge in [-0.3, -0.25) is 0 Å². The maximum absolute atomic E-state index is 12.6. The molecule has 0 bridgehead atoms. The lowest BCUT2D eigenvalue weighted by Crippen LogP contribution is -2.06. The molecule has 20 heavy (non-hydrogen) atoms. The summed E-state index contributed by atoms with van der Waals surface area (Å²) < 4.78 is 38.8. The van der Waals surface area contributed by atoms with Gasteiger partial charge in [0.05, 0.1) is 0 Å². The second-order valence-electron chi connectivity index (χ2n) is 4.21. The SMILES string of the molecule is FC(F)(F)c1ccc2cc(-c3ccc(Br)cc3)sc2n1. The highest BCUT2D eigenvalue weighted by atomic mass is 79.9. The number of hydrogen-bond acceptors (Lipinski definition) is 2. The Hall–Kier alpha value is -1.40. The minimum absolute atomic E-state index is 0.401. The molecular formula is C14H7BrF3NS.